The van der Waals surface area contributed by atoms with E-state index in [2.05, 4.69) is 5.32 Å². The number of nitrogens with one attached hydrogen (secondary N) is 1. The zero-order valence-electron chi connectivity index (χ0n) is 15.7. The topological polar surface area (TPSA) is 56.8 Å². The van der Waals surface area contributed by atoms with E-state index in [1.807, 2.05) is 24.3 Å². The van der Waals surface area contributed by atoms with Gasteiger partial charge in [-0.3, -0.25) is 4.79 Å². The molecule has 5 nitrogen and oxygen atoms in total. The average Bonchev–Trinajstić information content (AvgIpc) is 2.74. The summed E-state index contributed by atoms with van der Waals surface area (Å²) in [7, 11) is 0. The first-order valence-electron chi connectivity index (χ1n) is 9.37. The molecular formula is C23H20FNO4. The molecule has 1 aliphatic rings. The standard InChI is InChI=1S/C23H20FNO4/c24-17-5-8-19(9-6-17)29-20-3-1-2-16(14-20)4-11-23(26)25-18-7-10-21-22(15-18)28-13-12-27-21/h1-3,5-10,14-15H,4,11-13H2,(H,25,26). The second-order valence-corrected chi connectivity index (χ2v) is 6.61. The van der Waals surface area contributed by atoms with Crippen molar-refractivity contribution in [1.29, 1.82) is 0 Å². The lowest BCUT2D eigenvalue weighted by Gasteiger charge is -2.19. The Labute approximate surface area is 168 Å². The Hall–Kier alpha value is -3.54. The maximum atomic E-state index is 13.0. The van der Waals surface area contributed by atoms with E-state index >= 15 is 0 Å². The predicted molar refractivity (Wildman–Crippen MR) is 107 cm³/mol. The maximum absolute atomic E-state index is 13.0. The third kappa shape index (κ3) is 5.04. The molecule has 1 N–H and O–H groups in total. The van der Waals surface area contributed by atoms with Crippen LogP contribution >= 0.6 is 0 Å². The first-order valence-corrected chi connectivity index (χ1v) is 9.37. The van der Waals surface area contributed by atoms with E-state index < -0.39 is 0 Å². The Balaban J connectivity index is 1.32. The van der Waals surface area contributed by atoms with Crippen LogP contribution in [0.5, 0.6) is 23.0 Å². The highest BCUT2D eigenvalue weighted by atomic mass is 19.1. The van der Waals surface area contributed by atoms with Crippen LogP contribution in [-0.2, 0) is 11.2 Å². The Morgan fingerprint density at radius 1 is 0.931 bits per heavy atom. The predicted octanol–water partition coefficient (Wildman–Crippen LogP) is 4.96. The number of anilines is 1. The Morgan fingerprint density at radius 3 is 2.55 bits per heavy atom. The zero-order chi connectivity index (χ0) is 20.1. The number of aryl methyl sites for hydroxylation is 1. The van der Waals surface area contributed by atoms with E-state index in [0.29, 0.717) is 54.7 Å². The maximum Gasteiger partial charge on any atom is 0.224 e. The molecule has 4 rings (SSSR count). The zero-order valence-corrected chi connectivity index (χ0v) is 15.7. The fraction of sp³-hybridized carbons (Fsp3) is 0.174. The van der Waals surface area contributed by atoms with Gasteiger partial charge in [0.1, 0.15) is 30.5 Å². The van der Waals surface area contributed by atoms with E-state index in [9.17, 15) is 9.18 Å². The van der Waals surface area contributed by atoms with Crippen molar-refractivity contribution < 1.29 is 23.4 Å². The minimum atomic E-state index is -0.310. The molecule has 0 bridgehead atoms. The summed E-state index contributed by atoms with van der Waals surface area (Å²) in [5.74, 6) is 2.12. The van der Waals surface area contributed by atoms with Crippen LogP contribution in [0.4, 0.5) is 10.1 Å². The van der Waals surface area contributed by atoms with Gasteiger partial charge in [0.2, 0.25) is 5.91 Å². The summed E-state index contributed by atoms with van der Waals surface area (Å²) in [5.41, 5.74) is 1.65. The van der Waals surface area contributed by atoms with E-state index in [1.54, 1.807) is 30.3 Å². The van der Waals surface area contributed by atoms with Crippen LogP contribution in [0.15, 0.2) is 66.7 Å². The molecule has 3 aromatic carbocycles. The number of rotatable bonds is 6. The lowest BCUT2D eigenvalue weighted by atomic mass is 10.1. The largest absolute Gasteiger partial charge is 0.486 e. The van der Waals surface area contributed by atoms with Gasteiger partial charge in [-0.25, -0.2) is 4.39 Å². The van der Waals surface area contributed by atoms with Gasteiger partial charge in [-0.1, -0.05) is 12.1 Å². The van der Waals surface area contributed by atoms with E-state index in [-0.39, 0.29) is 11.7 Å². The molecule has 1 aliphatic heterocycles. The highest BCUT2D eigenvalue weighted by Crippen LogP contribution is 2.32. The van der Waals surface area contributed by atoms with Crippen LogP contribution in [-0.4, -0.2) is 19.1 Å². The normalized spacial score (nSPS) is 12.3. The number of hydrogen-bond donors (Lipinski definition) is 1. The van der Waals surface area contributed by atoms with Gasteiger partial charge < -0.3 is 19.5 Å². The summed E-state index contributed by atoms with van der Waals surface area (Å²) >= 11 is 0. The molecule has 6 heteroatoms. The van der Waals surface area contributed by atoms with E-state index in [0.717, 1.165) is 5.56 Å². The smallest absolute Gasteiger partial charge is 0.224 e. The molecular weight excluding hydrogens is 373 g/mol. The first kappa shape index (κ1) is 18.8. The molecule has 29 heavy (non-hydrogen) atoms. The first-order chi connectivity index (χ1) is 14.2. The second kappa shape index (κ2) is 8.65. The second-order valence-electron chi connectivity index (χ2n) is 6.61. The van der Waals surface area contributed by atoms with Gasteiger partial charge in [-0.05, 0) is 60.5 Å². The SMILES string of the molecule is O=C(CCc1cccc(Oc2ccc(F)cc2)c1)Nc1ccc2c(c1)OCCO2. The Kier molecular flexibility index (Phi) is 5.61. The number of amides is 1. The Bertz CT molecular complexity index is 1000. The number of halogens is 1. The lowest BCUT2D eigenvalue weighted by molar-refractivity contribution is -0.116. The highest BCUT2D eigenvalue weighted by Gasteiger charge is 2.13. The lowest BCUT2D eigenvalue weighted by Crippen LogP contribution is -2.16. The van der Waals surface area contributed by atoms with Crippen molar-refractivity contribution in [3.63, 3.8) is 0 Å². The van der Waals surface area contributed by atoms with Gasteiger partial charge in [0.15, 0.2) is 11.5 Å². The molecule has 0 radical (unpaired) electrons. The van der Waals surface area contributed by atoms with Crippen molar-refractivity contribution in [2.45, 2.75) is 12.8 Å². The van der Waals surface area contributed by atoms with Crippen LogP contribution in [0.25, 0.3) is 0 Å². The van der Waals surface area contributed by atoms with Gasteiger partial charge in [-0.2, -0.15) is 0 Å². The molecule has 0 saturated carbocycles. The van der Waals surface area contributed by atoms with Gasteiger partial charge in [-0.15, -0.1) is 0 Å². The van der Waals surface area contributed by atoms with Crippen LogP contribution in [0.2, 0.25) is 0 Å². The molecule has 1 heterocycles. The monoisotopic (exact) mass is 393 g/mol. The molecule has 0 unspecified atom stereocenters. The Morgan fingerprint density at radius 2 is 1.72 bits per heavy atom. The summed E-state index contributed by atoms with van der Waals surface area (Å²) in [6, 6.07) is 18.7. The van der Waals surface area contributed by atoms with Crippen molar-refractivity contribution in [2.75, 3.05) is 18.5 Å². The molecule has 0 aromatic heterocycles. The average molecular weight is 393 g/mol. The van der Waals surface area contributed by atoms with Crippen LogP contribution in [0.3, 0.4) is 0 Å². The van der Waals surface area contributed by atoms with Crippen LogP contribution in [0, 0.1) is 5.82 Å². The molecule has 0 saturated heterocycles. The van der Waals surface area contributed by atoms with Gasteiger partial charge in [0.25, 0.3) is 0 Å². The van der Waals surface area contributed by atoms with Crippen molar-refractivity contribution in [1.82, 2.24) is 0 Å². The van der Waals surface area contributed by atoms with Crippen LogP contribution < -0.4 is 19.5 Å². The van der Waals surface area contributed by atoms with Crippen LogP contribution in [0.1, 0.15) is 12.0 Å². The molecule has 3 aromatic rings. The molecule has 1 amide bonds. The third-order valence-corrected chi connectivity index (χ3v) is 4.41. The number of carbonyl (C=O) groups excluding carboxylic acids is 1. The van der Waals surface area contributed by atoms with Crippen molar-refractivity contribution in [2.24, 2.45) is 0 Å². The molecule has 0 atom stereocenters. The molecule has 0 spiro atoms. The quantitative estimate of drug-likeness (QED) is 0.643. The number of carbonyl (C=O) groups is 1. The summed E-state index contributed by atoms with van der Waals surface area (Å²) < 4.78 is 29.7. The molecule has 0 aliphatic carbocycles. The fourth-order valence-electron chi connectivity index (χ4n) is 3.01. The summed E-state index contributed by atoms with van der Waals surface area (Å²) in [6.07, 6.45) is 0.894. The van der Waals surface area contributed by atoms with Gasteiger partial charge in [0, 0.05) is 18.2 Å². The van der Waals surface area contributed by atoms with E-state index in [1.165, 1.54) is 12.1 Å². The van der Waals surface area contributed by atoms with Crippen molar-refractivity contribution in [3.05, 3.63) is 78.1 Å². The summed E-state index contributed by atoms with van der Waals surface area (Å²) in [5, 5.41) is 2.88. The van der Waals surface area contributed by atoms with Gasteiger partial charge in [0.05, 0.1) is 0 Å². The number of fused-ring (bicyclic) bond motifs is 1. The minimum absolute atomic E-state index is 0.0912. The summed E-state index contributed by atoms with van der Waals surface area (Å²) in [6.45, 7) is 1.03. The number of ether oxygens (including phenoxy) is 3. The van der Waals surface area contributed by atoms with Crippen molar-refractivity contribution >= 4 is 11.6 Å². The van der Waals surface area contributed by atoms with Gasteiger partial charge >= 0.3 is 0 Å². The number of hydrogen-bond acceptors (Lipinski definition) is 4. The van der Waals surface area contributed by atoms with E-state index in [4.69, 9.17) is 14.2 Å². The summed E-state index contributed by atoms with van der Waals surface area (Å²) in [4.78, 5) is 12.3. The molecule has 148 valence electrons. The molecule has 0 fully saturated rings. The number of benzene rings is 3. The fourth-order valence-corrected chi connectivity index (χ4v) is 3.01. The minimum Gasteiger partial charge on any atom is -0.486 e. The van der Waals surface area contributed by atoms with Crippen molar-refractivity contribution in [3.8, 4) is 23.0 Å². The third-order valence-electron chi connectivity index (χ3n) is 4.41. The highest BCUT2D eigenvalue weighted by molar-refractivity contribution is 5.91.